The van der Waals surface area contributed by atoms with Gasteiger partial charge in [-0.3, -0.25) is 18.4 Å². The molecule has 441 valence electrons. The summed E-state index contributed by atoms with van der Waals surface area (Å²) < 4.78 is 43.0. The Balaban J connectivity index is 0.000000458. The van der Waals surface area contributed by atoms with Crippen molar-refractivity contribution in [2.45, 2.75) is 56.2 Å². The minimum absolute atomic E-state index is 0. The van der Waals surface area contributed by atoms with Crippen molar-refractivity contribution < 1.29 is 62.6 Å². The Morgan fingerprint density at radius 2 is 1.26 bits per heavy atom. The standard InChI is InChI=1S/C57H51N7O7S.C11H6F2N.Ir/c65-52(22-10-9-21-51-53-45(34-72-51)61-57(69)62-53)58-24-25-60-55(66)37-26-35(33-71-50-20-11-23-59-54(50)56(67)68)29-40(30-37)70-32-36-27-38(63-46-16-5-1-12-41(46)42-13-2-6-17-47(42)63)31-39(28-36)64-48-18-7-3-14-43(48)44-15-4-8-19-49(44)64;12-8-4-5-9(10(13)7-8)11-3-1-2-6-14-11;/h1-8,11-20,23,26-31,45,51,53H,9-10,21-22,24-25,32-34H2,(H,58,65)(H,60,66)(H,67,68)(H2,61,62,69);1-4,6-7H;/q;-1;. The van der Waals surface area contributed by atoms with Crippen LogP contribution in [-0.4, -0.2) is 84.2 Å². The number of carbonyl (C=O) groups excluding carboxylic acids is 3. The number of halogens is 2. The molecule has 7 aromatic carbocycles. The second kappa shape index (κ2) is 26.9. The van der Waals surface area contributed by atoms with E-state index in [0.29, 0.717) is 34.2 Å². The van der Waals surface area contributed by atoms with Crippen LogP contribution in [0.15, 0.2) is 188 Å². The molecule has 13 rings (SSSR count). The van der Waals surface area contributed by atoms with Gasteiger partial charge in [0.15, 0.2) is 11.4 Å². The van der Waals surface area contributed by atoms with Gasteiger partial charge in [-0.1, -0.05) is 103 Å². The van der Waals surface area contributed by atoms with Crippen LogP contribution in [0.3, 0.4) is 0 Å². The average Bonchev–Trinajstić information content (AvgIpc) is 2.40. The molecule has 6 heterocycles. The van der Waals surface area contributed by atoms with Crippen molar-refractivity contribution in [2.24, 2.45) is 0 Å². The molecule has 3 unspecified atom stereocenters. The number of nitrogens with zero attached hydrogens (tertiary/aromatic N) is 4. The topological polar surface area (TPSA) is 191 Å². The van der Waals surface area contributed by atoms with Gasteiger partial charge < -0.3 is 50.0 Å². The van der Waals surface area contributed by atoms with Crippen molar-refractivity contribution in [3.63, 3.8) is 0 Å². The number of pyridine rings is 2. The maximum Gasteiger partial charge on any atom is 0.358 e. The first kappa shape index (κ1) is 59.3. The number of fused-ring (bicyclic) bond motifs is 7. The van der Waals surface area contributed by atoms with E-state index in [-0.39, 0.29) is 93.3 Å². The predicted octanol–water partition coefficient (Wildman–Crippen LogP) is 12.5. The number of aromatic carboxylic acids is 1. The number of para-hydroxylation sites is 4. The number of carboxylic acid groups (broad SMARTS) is 1. The molecule has 0 saturated carbocycles. The summed E-state index contributed by atoms with van der Waals surface area (Å²) in [4.78, 5) is 58.2. The number of benzene rings is 7. The first-order chi connectivity index (χ1) is 42.0. The third kappa shape index (κ3) is 13.2. The summed E-state index contributed by atoms with van der Waals surface area (Å²) in [5.41, 5.74) is 8.32. The maximum absolute atomic E-state index is 13.9. The Bertz CT molecular complexity index is 4120. The Morgan fingerprint density at radius 3 is 1.89 bits per heavy atom. The van der Waals surface area contributed by atoms with Crippen LogP contribution in [0, 0.1) is 17.7 Å². The van der Waals surface area contributed by atoms with Gasteiger partial charge in [0.25, 0.3) is 5.91 Å². The van der Waals surface area contributed by atoms with E-state index in [1.165, 1.54) is 12.3 Å². The van der Waals surface area contributed by atoms with Crippen LogP contribution >= 0.6 is 11.8 Å². The molecule has 2 aliphatic heterocycles. The molecule has 3 atom stereocenters. The van der Waals surface area contributed by atoms with Crippen molar-refractivity contribution in [1.29, 1.82) is 0 Å². The van der Waals surface area contributed by atoms with Gasteiger partial charge in [0.05, 0.1) is 34.2 Å². The molecule has 2 saturated heterocycles. The van der Waals surface area contributed by atoms with E-state index in [4.69, 9.17) is 9.47 Å². The molecular weight excluding hydrogens is 1300 g/mol. The average molecular weight is 1360 g/mol. The van der Waals surface area contributed by atoms with Crippen molar-refractivity contribution in [1.82, 2.24) is 40.4 Å². The fourth-order valence-corrected chi connectivity index (χ4v) is 12.9. The molecule has 4 amide bonds. The second-order valence-electron chi connectivity index (χ2n) is 20.9. The number of carboxylic acids is 1. The second-order valence-corrected chi connectivity index (χ2v) is 22.2. The largest absolute Gasteiger partial charge is 0.489 e. The first-order valence-corrected chi connectivity index (χ1v) is 29.3. The van der Waals surface area contributed by atoms with E-state index in [9.17, 15) is 33.1 Å². The van der Waals surface area contributed by atoms with Gasteiger partial charge >= 0.3 is 12.0 Å². The van der Waals surface area contributed by atoms with Crippen LogP contribution in [0.5, 0.6) is 11.5 Å². The number of rotatable bonds is 19. The molecule has 15 nitrogen and oxygen atoms in total. The summed E-state index contributed by atoms with van der Waals surface area (Å²) in [7, 11) is 0. The summed E-state index contributed by atoms with van der Waals surface area (Å²) in [5.74, 6) is -1.60. The fraction of sp³-hybridized carbons (Fsp3) is 0.176. The third-order valence-electron chi connectivity index (χ3n) is 15.2. The third-order valence-corrected chi connectivity index (χ3v) is 16.7. The van der Waals surface area contributed by atoms with Crippen molar-refractivity contribution in [2.75, 3.05) is 18.8 Å². The molecule has 87 heavy (non-hydrogen) atoms. The summed E-state index contributed by atoms with van der Waals surface area (Å²) in [6.07, 6.45) is 5.83. The van der Waals surface area contributed by atoms with Crippen molar-refractivity contribution >= 4 is 79.2 Å². The van der Waals surface area contributed by atoms with Crippen LogP contribution < -0.4 is 30.7 Å². The summed E-state index contributed by atoms with van der Waals surface area (Å²) in [6.45, 7) is 0.487. The van der Waals surface area contributed by atoms with Gasteiger partial charge in [0, 0.05) is 113 Å². The minimum Gasteiger partial charge on any atom is -0.489 e. The van der Waals surface area contributed by atoms with E-state index < -0.39 is 17.6 Å². The zero-order valence-corrected chi connectivity index (χ0v) is 49.9. The van der Waals surface area contributed by atoms with Gasteiger partial charge in [0.1, 0.15) is 19.0 Å². The molecular formula is C68H57F2IrN8O7S-. The van der Waals surface area contributed by atoms with Crippen LogP contribution in [0.4, 0.5) is 13.6 Å². The molecule has 5 N–H and O–H groups in total. The fourth-order valence-electron chi connectivity index (χ4n) is 11.3. The van der Waals surface area contributed by atoms with E-state index >= 15 is 0 Å². The summed E-state index contributed by atoms with van der Waals surface area (Å²) in [5, 5.41) is 26.5. The molecule has 11 aromatic rings. The van der Waals surface area contributed by atoms with E-state index in [1.54, 1.807) is 48.7 Å². The SMILES string of the molecule is Fc1c[c-]c(-c2ccccn2)c(F)c1.O=C(CCCCC1SCC2NC(=O)NC21)NCCNC(=O)c1cc(COc2cccnc2C(=O)O)cc(OCc2cc(-n3c4ccccc4c4ccccc43)cc(-n3c4ccccc4c4ccccc43)c2)c1.[Ir]. The zero-order chi connectivity index (χ0) is 59.1. The molecule has 0 bridgehead atoms. The number of unbranched alkanes of at least 4 members (excludes halogenated alkanes) is 1. The number of nitrogens with one attached hydrogen (secondary N) is 4. The Hall–Kier alpha value is -9.42. The molecule has 2 aliphatic rings. The van der Waals surface area contributed by atoms with Crippen LogP contribution in [0.1, 0.15) is 57.7 Å². The summed E-state index contributed by atoms with van der Waals surface area (Å²) in [6, 6.07) is 58.1. The first-order valence-electron chi connectivity index (χ1n) is 28.2. The Kier molecular flexibility index (Phi) is 18.3. The number of aromatic nitrogens is 4. The van der Waals surface area contributed by atoms with Gasteiger partial charge in [-0.25, -0.2) is 14.6 Å². The van der Waals surface area contributed by atoms with Crippen LogP contribution in [0.25, 0.3) is 66.2 Å². The van der Waals surface area contributed by atoms with Gasteiger partial charge in [-0.2, -0.15) is 11.8 Å². The Morgan fingerprint density at radius 1 is 0.667 bits per heavy atom. The van der Waals surface area contributed by atoms with Gasteiger partial charge in [-0.15, -0.1) is 12.1 Å². The van der Waals surface area contributed by atoms with Gasteiger partial charge in [-0.05, 0) is 109 Å². The van der Waals surface area contributed by atoms with E-state index in [2.05, 4.69) is 162 Å². The number of carbonyl (C=O) groups is 4. The van der Waals surface area contributed by atoms with E-state index in [1.807, 2.05) is 11.8 Å². The van der Waals surface area contributed by atoms with Crippen molar-refractivity contribution in [3.8, 4) is 34.1 Å². The number of ether oxygens (including phenoxy) is 2. The smallest absolute Gasteiger partial charge is 0.358 e. The molecule has 4 aromatic heterocycles. The summed E-state index contributed by atoms with van der Waals surface area (Å²) >= 11 is 1.86. The quantitative estimate of drug-likeness (QED) is 0.0296. The normalized spacial score (nSPS) is 15.0. The molecule has 0 aliphatic carbocycles. The number of amides is 4. The number of urea groups is 1. The molecule has 19 heteroatoms. The maximum atomic E-state index is 13.9. The van der Waals surface area contributed by atoms with Crippen LogP contribution in [-0.2, 0) is 38.1 Å². The monoisotopic (exact) mass is 1360 g/mol. The number of thioether (sulfide) groups is 1. The molecule has 0 spiro atoms. The predicted molar refractivity (Wildman–Crippen MR) is 329 cm³/mol. The zero-order valence-electron chi connectivity index (χ0n) is 46.7. The Labute approximate surface area is 516 Å². The number of hydrogen-bond acceptors (Lipinski definition) is 9. The van der Waals surface area contributed by atoms with Gasteiger partial charge in [0.2, 0.25) is 5.91 Å². The molecule has 2 fully saturated rings. The number of hydrogen-bond donors (Lipinski definition) is 5. The van der Waals surface area contributed by atoms with Crippen LogP contribution in [0.2, 0.25) is 0 Å². The van der Waals surface area contributed by atoms with Crippen molar-refractivity contribution in [3.05, 3.63) is 228 Å². The minimum atomic E-state index is -1.22. The van der Waals surface area contributed by atoms with E-state index in [0.717, 1.165) is 97.7 Å². The molecule has 1 radical (unpaired) electrons.